The molecule has 0 saturated carbocycles. The molecule has 0 heterocycles. The van der Waals surface area contributed by atoms with Gasteiger partial charge in [-0.3, -0.25) is 0 Å². The summed E-state index contributed by atoms with van der Waals surface area (Å²) in [5.41, 5.74) is 0. The minimum absolute atomic E-state index is 0.169. The molecule has 0 spiro atoms. The Morgan fingerprint density at radius 2 is 1.67 bits per heavy atom. The Morgan fingerprint density at radius 1 is 0.917 bits per heavy atom. The van der Waals surface area contributed by atoms with Crippen molar-refractivity contribution < 1.29 is 19.7 Å². The van der Waals surface area contributed by atoms with E-state index in [1.165, 1.54) is 32.1 Å². The van der Waals surface area contributed by atoms with Crippen LogP contribution in [0.2, 0.25) is 0 Å². The number of hydrogen-bond donors (Lipinski definition) is 2. The molecular formula is C20H38O4. The van der Waals surface area contributed by atoms with Gasteiger partial charge in [0.05, 0.1) is 6.10 Å². The summed E-state index contributed by atoms with van der Waals surface area (Å²) in [6, 6.07) is 0. The average Bonchev–Trinajstić information content (AvgIpc) is 2.59. The van der Waals surface area contributed by atoms with Gasteiger partial charge in [-0.05, 0) is 38.5 Å². The normalized spacial score (nSPS) is 13.3. The van der Waals surface area contributed by atoms with Crippen molar-refractivity contribution in [3.8, 4) is 11.8 Å². The summed E-state index contributed by atoms with van der Waals surface area (Å²) >= 11 is 0. The molecule has 0 fully saturated rings. The zero-order valence-corrected chi connectivity index (χ0v) is 15.8. The zero-order chi connectivity index (χ0) is 17.9. The molecule has 0 saturated heterocycles. The zero-order valence-electron chi connectivity index (χ0n) is 15.8. The highest BCUT2D eigenvalue weighted by molar-refractivity contribution is 5.05. The lowest BCUT2D eigenvalue weighted by Gasteiger charge is -2.14. The summed E-state index contributed by atoms with van der Waals surface area (Å²) in [6.45, 7) is 2.66. The van der Waals surface area contributed by atoms with E-state index in [0.29, 0.717) is 12.8 Å². The van der Waals surface area contributed by atoms with Gasteiger partial charge in [0.15, 0.2) is 0 Å². The van der Waals surface area contributed by atoms with Crippen LogP contribution in [-0.2, 0) is 9.47 Å². The highest BCUT2D eigenvalue weighted by atomic mass is 16.7. The van der Waals surface area contributed by atoms with E-state index in [1.54, 1.807) is 7.11 Å². The fourth-order valence-corrected chi connectivity index (χ4v) is 2.51. The van der Waals surface area contributed by atoms with Crippen LogP contribution in [0.5, 0.6) is 0 Å². The first-order valence-electron chi connectivity index (χ1n) is 9.62. The van der Waals surface area contributed by atoms with E-state index in [-0.39, 0.29) is 25.6 Å². The second kappa shape index (κ2) is 18.7. The van der Waals surface area contributed by atoms with Crippen LogP contribution in [0.25, 0.3) is 0 Å². The van der Waals surface area contributed by atoms with E-state index in [0.717, 1.165) is 32.1 Å². The first-order valence-corrected chi connectivity index (χ1v) is 9.62. The van der Waals surface area contributed by atoms with Crippen molar-refractivity contribution in [3.63, 3.8) is 0 Å². The Balaban J connectivity index is 3.93. The van der Waals surface area contributed by atoms with Crippen LogP contribution < -0.4 is 0 Å². The molecule has 0 aromatic heterocycles. The standard InChI is InChI=1S/C20H38O4/c1-3-4-5-6-7-8-9-10-14-20(24-18-23-2)16-15-19(22)13-11-12-17-21/h19-22H,3-9,11-13,15-18H2,1-2H3/t19-,20-/m0/s1. The van der Waals surface area contributed by atoms with Gasteiger partial charge >= 0.3 is 0 Å². The number of methoxy groups -OCH3 is 1. The van der Waals surface area contributed by atoms with Gasteiger partial charge in [-0.2, -0.15) is 0 Å². The van der Waals surface area contributed by atoms with Gasteiger partial charge in [0, 0.05) is 20.1 Å². The molecule has 0 radical (unpaired) electrons. The quantitative estimate of drug-likeness (QED) is 0.252. The molecule has 0 unspecified atom stereocenters. The third kappa shape index (κ3) is 16.3. The lowest BCUT2D eigenvalue weighted by molar-refractivity contribution is -0.0573. The molecule has 0 rings (SSSR count). The van der Waals surface area contributed by atoms with Crippen LogP contribution in [0.15, 0.2) is 0 Å². The second-order valence-electron chi connectivity index (χ2n) is 6.35. The molecule has 142 valence electrons. The average molecular weight is 343 g/mol. The van der Waals surface area contributed by atoms with Gasteiger partial charge in [-0.25, -0.2) is 0 Å². The molecule has 24 heavy (non-hydrogen) atoms. The van der Waals surface area contributed by atoms with Crippen molar-refractivity contribution >= 4 is 0 Å². The summed E-state index contributed by atoms with van der Waals surface area (Å²) in [5, 5.41) is 18.7. The maximum Gasteiger partial charge on any atom is 0.148 e. The number of ether oxygens (including phenoxy) is 2. The largest absolute Gasteiger partial charge is 0.396 e. The lowest BCUT2D eigenvalue weighted by Crippen LogP contribution is -2.16. The minimum Gasteiger partial charge on any atom is -0.396 e. The molecule has 0 aliphatic carbocycles. The molecule has 0 aromatic carbocycles. The molecule has 0 amide bonds. The highest BCUT2D eigenvalue weighted by Gasteiger charge is 2.10. The van der Waals surface area contributed by atoms with Gasteiger partial charge < -0.3 is 19.7 Å². The third-order valence-corrected chi connectivity index (χ3v) is 4.01. The molecule has 2 atom stereocenters. The fraction of sp³-hybridized carbons (Fsp3) is 0.900. The monoisotopic (exact) mass is 342 g/mol. The Bertz CT molecular complexity index is 308. The molecule has 2 N–H and O–H groups in total. The summed E-state index contributed by atoms with van der Waals surface area (Å²) in [6.07, 6.45) is 11.8. The summed E-state index contributed by atoms with van der Waals surface area (Å²) < 4.78 is 10.5. The lowest BCUT2D eigenvalue weighted by atomic mass is 10.0. The Kier molecular flexibility index (Phi) is 18.3. The van der Waals surface area contributed by atoms with Crippen LogP contribution in [0.1, 0.15) is 84.0 Å². The molecule has 4 heteroatoms. The van der Waals surface area contributed by atoms with Gasteiger partial charge in [0.2, 0.25) is 0 Å². The van der Waals surface area contributed by atoms with Gasteiger partial charge in [0.1, 0.15) is 12.9 Å². The fourth-order valence-electron chi connectivity index (χ4n) is 2.51. The highest BCUT2D eigenvalue weighted by Crippen LogP contribution is 2.11. The number of hydrogen-bond acceptors (Lipinski definition) is 4. The first-order chi connectivity index (χ1) is 11.7. The summed E-state index contributed by atoms with van der Waals surface area (Å²) in [5.74, 6) is 6.39. The van der Waals surface area contributed by atoms with E-state index in [9.17, 15) is 5.11 Å². The van der Waals surface area contributed by atoms with Crippen LogP contribution in [0.3, 0.4) is 0 Å². The minimum atomic E-state index is -0.342. The van der Waals surface area contributed by atoms with E-state index in [1.807, 2.05) is 0 Å². The SMILES string of the molecule is CCCCCCCCC#C[C@@H](CC[C@@H](O)CCCCO)OCOC. The number of aliphatic hydroxyl groups is 2. The summed E-state index contributed by atoms with van der Waals surface area (Å²) in [7, 11) is 1.60. The predicted octanol–water partition coefficient (Wildman–Crippen LogP) is 4.03. The van der Waals surface area contributed by atoms with Crippen molar-refractivity contribution in [1.29, 1.82) is 0 Å². The van der Waals surface area contributed by atoms with Gasteiger partial charge in [-0.1, -0.05) is 44.9 Å². The Hall–Kier alpha value is -0.600. The van der Waals surface area contributed by atoms with E-state index >= 15 is 0 Å². The van der Waals surface area contributed by atoms with Crippen molar-refractivity contribution in [2.75, 3.05) is 20.5 Å². The predicted molar refractivity (Wildman–Crippen MR) is 98.7 cm³/mol. The topological polar surface area (TPSA) is 58.9 Å². The second-order valence-corrected chi connectivity index (χ2v) is 6.35. The molecule has 0 bridgehead atoms. The van der Waals surface area contributed by atoms with E-state index in [4.69, 9.17) is 14.6 Å². The van der Waals surface area contributed by atoms with E-state index in [2.05, 4.69) is 18.8 Å². The Labute approximate surface area is 148 Å². The molecule has 0 aliphatic heterocycles. The van der Waals surface area contributed by atoms with Crippen LogP contribution in [0.4, 0.5) is 0 Å². The number of aliphatic hydroxyl groups excluding tert-OH is 2. The van der Waals surface area contributed by atoms with Crippen LogP contribution in [0, 0.1) is 11.8 Å². The Morgan fingerprint density at radius 3 is 2.38 bits per heavy atom. The van der Waals surface area contributed by atoms with E-state index < -0.39 is 0 Å². The summed E-state index contributed by atoms with van der Waals surface area (Å²) in [4.78, 5) is 0. The maximum atomic E-state index is 9.95. The van der Waals surface area contributed by atoms with Crippen molar-refractivity contribution in [1.82, 2.24) is 0 Å². The van der Waals surface area contributed by atoms with Crippen LogP contribution in [-0.4, -0.2) is 42.9 Å². The van der Waals surface area contributed by atoms with Gasteiger partial charge in [0.25, 0.3) is 0 Å². The third-order valence-electron chi connectivity index (χ3n) is 4.01. The number of unbranched alkanes of at least 4 members (excludes halogenated alkanes) is 7. The molecule has 0 aromatic rings. The van der Waals surface area contributed by atoms with Gasteiger partial charge in [-0.15, -0.1) is 5.92 Å². The van der Waals surface area contributed by atoms with Crippen molar-refractivity contribution in [2.45, 2.75) is 96.2 Å². The van der Waals surface area contributed by atoms with Crippen LogP contribution >= 0.6 is 0 Å². The maximum absolute atomic E-state index is 9.95. The van der Waals surface area contributed by atoms with Crippen molar-refractivity contribution in [2.24, 2.45) is 0 Å². The molecule has 4 nitrogen and oxygen atoms in total. The number of rotatable bonds is 16. The molecular weight excluding hydrogens is 304 g/mol. The first kappa shape index (κ1) is 23.4. The van der Waals surface area contributed by atoms with Crippen molar-refractivity contribution in [3.05, 3.63) is 0 Å². The smallest absolute Gasteiger partial charge is 0.148 e. The molecule has 0 aliphatic rings.